The lowest BCUT2D eigenvalue weighted by atomic mass is 9.97. The molecule has 1 saturated heterocycles. The van der Waals surface area contributed by atoms with Gasteiger partial charge in [0.1, 0.15) is 11.3 Å². The van der Waals surface area contributed by atoms with Gasteiger partial charge in [-0.05, 0) is 64.2 Å². The molecule has 0 saturated carbocycles. The molecule has 166 valence electrons. The number of imidazole rings is 1. The van der Waals surface area contributed by atoms with Crippen molar-refractivity contribution in [3.05, 3.63) is 70.9 Å². The number of aromatic nitrogens is 3. The first-order valence-corrected chi connectivity index (χ1v) is 10.6. The maximum atomic E-state index is 13.2. The first-order chi connectivity index (χ1) is 15.3. The second-order valence-electron chi connectivity index (χ2n) is 8.37. The van der Waals surface area contributed by atoms with Crippen LogP contribution in [0.4, 0.5) is 0 Å². The molecule has 1 N–H and O–H groups in total. The van der Waals surface area contributed by atoms with E-state index in [4.69, 9.17) is 0 Å². The van der Waals surface area contributed by atoms with Crippen LogP contribution in [0.25, 0.3) is 11.4 Å². The van der Waals surface area contributed by atoms with Gasteiger partial charge in [0.05, 0.1) is 17.3 Å². The number of hydrogen-bond acceptors (Lipinski definition) is 6. The van der Waals surface area contributed by atoms with E-state index in [0.717, 1.165) is 12.1 Å². The Bertz CT molecular complexity index is 1210. The van der Waals surface area contributed by atoms with Crippen LogP contribution in [0.5, 0.6) is 0 Å². The zero-order valence-corrected chi connectivity index (χ0v) is 18.7. The fourth-order valence-electron chi connectivity index (χ4n) is 4.28. The van der Waals surface area contributed by atoms with E-state index in [1.54, 1.807) is 36.0 Å². The molecule has 1 amide bonds. The predicted molar refractivity (Wildman–Crippen MR) is 121 cm³/mol. The lowest BCUT2D eigenvalue weighted by Crippen LogP contribution is -2.32. The van der Waals surface area contributed by atoms with Crippen LogP contribution in [-0.4, -0.2) is 68.2 Å². The Morgan fingerprint density at radius 1 is 1.19 bits per heavy atom. The van der Waals surface area contributed by atoms with Crippen molar-refractivity contribution >= 4 is 23.1 Å². The summed E-state index contributed by atoms with van der Waals surface area (Å²) in [5.74, 6) is -1.52. The van der Waals surface area contributed by atoms with E-state index in [1.165, 1.54) is 4.90 Å². The number of rotatable bonds is 6. The van der Waals surface area contributed by atoms with E-state index in [2.05, 4.69) is 9.97 Å². The molecule has 1 fully saturated rings. The van der Waals surface area contributed by atoms with Crippen molar-refractivity contribution in [2.75, 3.05) is 27.2 Å². The van der Waals surface area contributed by atoms with Gasteiger partial charge in [-0.15, -0.1) is 0 Å². The molecule has 0 radical (unpaired) electrons. The quantitative estimate of drug-likeness (QED) is 0.365. The minimum Gasteiger partial charge on any atom is -0.505 e. The number of amides is 1. The van der Waals surface area contributed by atoms with E-state index in [-0.39, 0.29) is 11.3 Å². The van der Waals surface area contributed by atoms with Crippen LogP contribution in [0.1, 0.15) is 35.0 Å². The average Bonchev–Trinajstić information content (AvgIpc) is 3.23. The lowest BCUT2D eigenvalue weighted by molar-refractivity contribution is -0.139. The molecular weight excluding hydrogens is 406 g/mol. The van der Waals surface area contributed by atoms with Crippen molar-refractivity contribution in [2.45, 2.75) is 26.3 Å². The SMILES string of the molecule is Cc1nc2c(C)cccn2c1/C(O)=C1\C(=O)C(=O)N(CCCN(C)C)[C@@H]1c1cccnc1. The summed E-state index contributed by atoms with van der Waals surface area (Å²) < 4.78 is 1.76. The number of carbonyl (C=O) groups is 2. The van der Waals surface area contributed by atoms with E-state index in [9.17, 15) is 14.7 Å². The summed E-state index contributed by atoms with van der Waals surface area (Å²) in [6.45, 7) is 4.89. The van der Waals surface area contributed by atoms with Crippen LogP contribution >= 0.6 is 0 Å². The molecule has 4 heterocycles. The number of Topliss-reactive ketones (excluding diaryl/α,β-unsaturated/α-hetero) is 1. The monoisotopic (exact) mass is 433 g/mol. The largest absolute Gasteiger partial charge is 0.505 e. The van der Waals surface area contributed by atoms with Crippen LogP contribution in [0.3, 0.4) is 0 Å². The van der Waals surface area contributed by atoms with Gasteiger partial charge in [-0.3, -0.25) is 19.0 Å². The maximum absolute atomic E-state index is 13.2. The average molecular weight is 434 g/mol. The molecule has 8 heteroatoms. The molecule has 0 aromatic carbocycles. The van der Waals surface area contributed by atoms with Gasteiger partial charge >= 0.3 is 0 Å². The van der Waals surface area contributed by atoms with Crippen LogP contribution in [-0.2, 0) is 9.59 Å². The molecule has 3 aromatic heterocycles. The van der Waals surface area contributed by atoms with E-state index < -0.39 is 17.7 Å². The number of likely N-dealkylation sites (tertiary alicyclic amines) is 1. The Hall–Kier alpha value is -3.52. The molecule has 0 aliphatic carbocycles. The minimum absolute atomic E-state index is 0.0688. The molecule has 4 rings (SSSR count). The maximum Gasteiger partial charge on any atom is 0.295 e. The van der Waals surface area contributed by atoms with Gasteiger partial charge < -0.3 is 14.9 Å². The number of ketones is 1. The number of hydrogen-bond donors (Lipinski definition) is 1. The van der Waals surface area contributed by atoms with E-state index in [0.29, 0.717) is 35.6 Å². The van der Waals surface area contributed by atoms with Crippen LogP contribution in [0.15, 0.2) is 48.4 Å². The molecule has 32 heavy (non-hydrogen) atoms. The molecule has 0 bridgehead atoms. The summed E-state index contributed by atoms with van der Waals surface area (Å²) in [5, 5.41) is 11.4. The van der Waals surface area contributed by atoms with Crippen molar-refractivity contribution in [1.82, 2.24) is 24.2 Å². The number of nitrogens with zero attached hydrogens (tertiary/aromatic N) is 5. The normalized spacial score (nSPS) is 18.3. The third-order valence-corrected chi connectivity index (χ3v) is 5.79. The third kappa shape index (κ3) is 3.67. The first-order valence-electron chi connectivity index (χ1n) is 10.6. The Balaban J connectivity index is 1.88. The second-order valence-corrected chi connectivity index (χ2v) is 8.37. The molecule has 0 spiro atoms. The van der Waals surface area contributed by atoms with Gasteiger partial charge in [0.15, 0.2) is 5.76 Å². The Kier molecular flexibility index (Phi) is 5.80. The lowest BCUT2D eigenvalue weighted by Gasteiger charge is -2.25. The standard InChI is InChI=1S/C24H27N5O3/c1-15-8-6-12-28-19(16(2)26-23(15)28)21(30)18-20(17-9-5-10-25-14-17)29(24(32)22(18)31)13-7-11-27(3)4/h5-6,8-10,12,14,20,30H,7,11,13H2,1-4H3/b21-18+/t20-/m1/s1. The molecule has 0 unspecified atom stereocenters. The van der Waals surface area contributed by atoms with Crippen molar-refractivity contribution in [3.8, 4) is 0 Å². The van der Waals surface area contributed by atoms with Gasteiger partial charge in [0.25, 0.3) is 11.7 Å². The predicted octanol–water partition coefficient (Wildman–Crippen LogP) is 2.72. The highest BCUT2D eigenvalue weighted by Gasteiger charge is 2.46. The highest BCUT2D eigenvalue weighted by atomic mass is 16.3. The number of aliphatic hydroxyl groups is 1. The number of aliphatic hydroxyl groups excluding tert-OH is 1. The van der Waals surface area contributed by atoms with Crippen molar-refractivity contribution in [2.24, 2.45) is 0 Å². The van der Waals surface area contributed by atoms with E-state index >= 15 is 0 Å². The first kappa shape index (κ1) is 21.7. The highest BCUT2D eigenvalue weighted by molar-refractivity contribution is 6.46. The zero-order valence-electron chi connectivity index (χ0n) is 18.7. The van der Waals surface area contributed by atoms with Crippen LogP contribution < -0.4 is 0 Å². The number of aryl methyl sites for hydroxylation is 2. The highest BCUT2D eigenvalue weighted by Crippen LogP contribution is 2.39. The number of pyridine rings is 2. The zero-order chi connectivity index (χ0) is 23.0. The second kappa shape index (κ2) is 8.55. The van der Waals surface area contributed by atoms with Crippen molar-refractivity contribution < 1.29 is 14.7 Å². The smallest absolute Gasteiger partial charge is 0.295 e. The molecular formula is C24H27N5O3. The van der Waals surface area contributed by atoms with Crippen molar-refractivity contribution in [3.63, 3.8) is 0 Å². The Morgan fingerprint density at radius 3 is 2.66 bits per heavy atom. The van der Waals surface area contributed by atoms with Crippen LogP contribution in [0.2, 0.25) is 0 Å². The summed E-state index contributed by atoms with van der Waals surface area (Å²) in [6.07, 6.45) is 5.77. The Morgan fingerprint density at radius 2 is 1.97 bits per heavy atom. The van der Waals surface area contributed by atoms with Gasteiger partial charge in [0.2, 0.25) is 0 Å². The third-order valence-electron chi connectivity index (χ3n) is 5.79. The van der Waals surface area contributed by atoms with Crippen molar-refractivity contribution in [1.29, 1.82) is 0 Å². The van der Waals surface area contributed by atoms with Gasteiger partial charge in [-0.1, -0.05) is 12.1 Å². The molecule has 8 nitrogen and oxygen atoms in total. The summed E-state index contributed by atoms with van der Waals surface area (Å²) in [5.41, 5.74) is 3.40. The summed E-state index contributed by atoms with van der Waals surface area (Å²) in [4.78, 5) is 38.5. The fraction of sp³-hybridized carbons (Fsp3) is 0.333. The van der Waals surface area contributed by atoms with Gasteiger partial charge in [0, 0.05) is 25.1 Å². The van der Waals surface area contributed by atoms with Gasteiger partial charge in [-0.25, -0.2) is 4.98 Å². The molecule has 1 aliphatic heterocycles. The molecule has 1 aliphatic rings. The number of fused-ring (bicyclic) bond motifs is 1. The topological polar surface area (TPSA) is 91.0 Å². The summed E-state index contributed by atoms with van der Waals surface area (Å²) >= 11 is 0. The number of carbonyl (C=O) groups excluding carboxylic acids is 2. The summed E-state index contributed by atoms with van der Waals surface area (Å²) in [7, 11) is 3.92. The molecule has 3 aromatic rings. The van der Waals surface area contributed by atoms with Crippen LogP contribution in [0, 0.1) is 13.8 Å². The molecule has 1 atom stereocenters. The van der Waals surface area contributed by atoms with Gasteiger partial charge in [-0.2, -0.15) is 0 Å². The summed E-state index contributed by atoms with van der Waals surface area (Å²) in [6, 6.07) is 6.67. The van der Waals surface area contributed by atoms with E-state index in [1.807, 2.05) is 44.1 Å². The fourth-order valence-corrected chi connectivity index (χ4v) is 4.28. The minimum atomic E-state index is -0.708. The Labute approximate surface area is 186 Å².